The maximum atomic E-state index is 11.4. The standard InChI is InChI=1S/C17H27N3O/c1-12-7-8-15(9-13(12)2)20(11-17(19)21)10-14-5-3-4-6-16(14)18/h3-6,12-13,15H,7-11,18H2,1-2H3,(H2,19,21). The van der Waals surface area contributed by atoms with Gasteiger partial charge in [-0.1, -0.05) is 32.0 Å². The molecule has 0 heterocycles. The quantitative estimate of drug-likeness (QED) is 0.817. The molecule has 1 fully saturated rings. The summed E-state index contributed by atoms with van der Waals surface area (Å²) in [5.74, 6) is 1.18. The van der Waals surface area contributed by atoms with Crippen LogP contribution in [-0.4, -0.2) is 23.4 Å². The molecule has 21 heavy (non-hydrogen) atoms. The number of primary amides is 1. The molecule has 4 N–H and O–H groups in total. The smallest absolute Gasteiger partial charge is 0.231 e. The number of rotatable bonds is 5. The molecule has 1 aliphatic rings. The summed E-state index contributed by atoms with van der Waals surface area (Å²) in [4.78, 5) is 13.6. The van der Waals surface area contributed by atoms with E-state index in [0.29, 0.717) is 25.0 Å². The number of carbonyl (C=O) groups excluding carboxylic acids is 1. The fraction of sp³-hybridized carbons (Fsp3) is 0.588. The monoisotopic (exact) mass is 289 g/mol. The van der Waals surface area contributed by atoms with E-state index in [1.807, 2.05) is 24.3 Å². The van der Waals surface area contributed by atoms with Gasteiger partial charge in [-0.2, -0.15) is 0 Å². The largest absolute Gasteiger partial charge is 0.398 e. The van der Waals surface area contributed by atoms with Crippen LogP contribution in [0.5, 0.6) is 0 Å². The van der Waals surface area contributed by atoms with E-state index >= 15 is 0 Å². The van der Waals surface area contributed by atoms with Crippen LogP contribution in [-0.2, 0) is 11.3 Å². The number of hydrogen-bond acceptors (Lipinski definition) is 3. The second-order valence-electron chi connectivity index (χ2n) is 6.49. The van der Waals surface area contributed by atoms with Crippen molar-refractivity contribution in [1.29, 1.82) is 0 Å². The summed E-state index contributed by atoms with van der Waals surface area (Å²) in [6, 6.07) is 8.27. The minimum absolute atomic E-state index is 0.268. The van der Waals surface area contributed by atoms with Crippen LogP contribution in [0.4, 0.5) is 5.69 Å². The highest BCUT2D eigenvalue weighted by Crippen LogP contribution is 2.32. The van der Waals surface area contributed by atoms with E-state index in [1.54, 1.807) is 0 Å². The van der Waals surface area contributed by atoms with Gasteiger partial charge in [0.05, 0.1) is 6.54 Å². The van der Waals surface area contributed by atoms with Gasteiger partial charge in [-0.3, -0.25) is 9.69 Å². The Morgan fingerprint density at radius 2 is 1.95 bits per heavy atom. The maximum Gasteiger partial charge on any atom is 0.231 e. The van der Waals surface area contributed by atoms with E-state index in [0.717, 1.165) is 30.0 Å². The van der Waals surface area contributed by atoms with Crippen molar-refractivity contribution >= 4 is 11.6 Å². The van der Waals surface area contributed by atoms with Crippen LogP contribution in [0.1, 0.15) is 38.7 Å². The summed E-state index contributed by atoms with van der Waals surface area (Å²) in [5.41, 5.74) is 13.3. The van der Waals surface area contributed by atoms with Crippen molar-refractivity contribution < 1.29 is 4.79 Å². The number of benzene rings is 1. The predicted octanol–water partition coefficient (Wildman–Crippen LogP) is 2.38. The summed E-state index contributed by atoms with van der Waals surface area (Å²) in [5, 5.41) is 0. The first-order valence-electron chi connectivity index (χ1n) is 7.83. The summed E-state index contributed by atoms with van der Waals surface area (Å²) in [7, 11) is 0. The average Bonchev–Trinajstić information content (AvgIpc) is 2.43. The fourth-order valence-corrected chi connectivity index (χ4v) is 3.26. The lowest BCUT2D eigenvalue weighted by molar-refractivity contribution is -0.120. The molecule has 1 aromatic carbocycles. The molecule has 3 atom stereocenters. The Balaban J connectivity index is 2.11. The van der Waals surface area contributed by atoms with E-state index in [-0.39, 0.29) is 5.91 Å². The van der Waals surface area contributed by atoms with Crippen LogP contribution in [0.3, 0.4) is 0 Å². The number of nitrogen functional groups attached to an aromatic ring is 1. The molecular weight excluding hydrogens is 262 g/mol. The number of nitrogens with zero attached hydrogens (tertiary/aromatic N) is 1. The summed E-state index contributed by atoms with van der Waals surface area (Å²) >= 11 is 0. The van der Waals surface area contributed by atoms with Crippen molar-refractivity contribution in [2.24, 2.45) is 17.6 Å². The predicted molar refractivity (Wildman–Crippen MR) is 86.4 cm³/mol. The lowest BCUT2D eigenvalue weighted by Gasteiger charge is -2.39. The minimum Gasteiger partial charge on any atom is -0.398 e. The third-order valence-corrected chi connectivity index (χ3v) is 4.87. The van der Waals surface area contributed by atoms with Crippen molar-refractivity contribution in [3.05, 3.63) is 29.8 Å². The van der Waals surface area contributed by atoms with Crippen molar-refractivity contribution in [2.45, 2.75) is 45.7 Å². The van der Waals surface area contributed by atoms with E-state index < -0.39 is 0 Å². The number of amides is 1. The summed E-state index contributed by atoms with van der Waals surface area (Å²) < 4.78 is 0. The zero-order chi connectivity index (χ0) is 15.4. The van der Waals surface area contributed by atoms with Gasteiger partial charge in [0.1, 0.15) is 0 Å². The number of nitrogens with two attached hydrogens (primary N) is 2. The molecule has 1 amide bonds. The summed E-state index contributed by atoms with van der Waals surface area (Å²) in [6.45, 7) is 5.62. The first-order chi connectivity index (χ1) is 9.97. The molecule has 116 valence electrons. The first kappa shape index (κ1) is 15.8. The molecule has 0 spiro atoms. The van der Waals surface area contributed by atoms with Gasteiger partial charge in [-0.15, -0.1) is 0 Å². The highest BCUT2D eigenvalue weighted by atomic mass is 16.1. The minimum atomic E-state index is -0.268. The maximum absolute atomic E-state index is 11.4. The molecule has 4 heteroatoms. The molecule has 4 nitrogen and oxygen atoms in total. The Morgan fingerprint density at radius 1 is 1.24 bits per heavy atom. The molecular formula is C17H27N3O. The van der Waals surface area contributed by atoms with Gasteiger partial charge in [0.2, 0.25) is 5.91 Å². The van der Waals surface area contributed by atoms with Crippen LogP contribution in [0.2, 0.25) is 0 Å². The lowest BCUT2D eigenvalue weighted by Crippen LogP contribution is -2.44. The molecule has 0 radical (unpaired) electrons. The average molecular weight is 289 g/mol. The second-order valence-corrected chi connectivity index (χ2v) is 6.49. The van der Waals surface area contributed by atoms with E-state index in [2.05, 4.69) is 18.7 Å². The number of anilines is 1. The molecule has 2 rings (SSSR count). The van der Waals surface area contributed by atoms with Gasteiger partial charge >= 0.3 is 0 Å². The van der Waals surface area contributed by atoms with Gasteiger partial charge < -0.3 is 11.5 Å². The topological polar surface area (TPSA) is 72.3 Å². The highest BCUT2D eigenvalue weighted by molar-refractivity contribution is 5.76. The Kier molecular flexibility index (Phi) is 5.23. The van der Waals surface area contributed by atoms with Crippen LogP contribution >= 0.6 is 0 Å². The number of carbonyl (C=O) groups is 1. The Labute approximate surface area is 127 Å². The molecule has 1 saturated carbocycles. The number of para-hydroxylation sites is 1. The van der Waals surface area contributed by atoms with Crippen LogP contribution in [0, 0.1) is 11.8 Å². The zero-order valence-electron chi connectivity index (χ0n) is 13.1. The first-order valence-corrected chi connectivity index (χ1v) is 7.83. The molecule has 0 aliphatic heterocycles. The normalized spacial score (nSPS) is 26.0. The van der Waals surface area contributed by atoms with Gasteiger partial charge in [-0.05, 0) is 42.7 Å². The van der Waals surface area contributed by atoms with Gasteiger partial charge in [0, 0.05) is 18.3 Å². The third kappa shape index (κ3) is 4.21. The van der Waals surface area contributed by atoms with Crippen LogP contribution < -0.4 is 11.5 Å². The Hall–Kier alpha value is -1.55. The molecule has 3 unspecified atom stereocenters. The molecule has 1 aliphatic carbocycles. The number of hydrogen-bond donors (Lipinski definition) is 2. The molecule has 1 aromatic rings. The van der Waals surface area contributed by atoms with E-state index in [4.69, 9.17) is 11.5 Å². The second kappa shape index (κ2) is 6.94. The van der Waals surface area contributed by atoms with E-state index in [1.165, 1.54) is 6.42 Å². The van der Waals surface area contributed by atoms with Crippen molar-refractivity contribution in [3.8, 4) is 0 Å². The fourth-order valence-electron chi connectivity index (χ4n) is 3.26. The molecule has 0 bridgehead atoms. The van der Waals surface area contributed by atoms with Crippen molar-refractivity contribution in [2.75, 3.05) is 12.3 Å². The van der Waals surface area contributed by atoms with Gasteiger partial charge in [0.25, 0.3) is 0 Å². The van der Waals surface area contributed by atoms with Crippen LogP contribution in [0.15, 0.2) is 24.3 Å². The van der Waals surface area contributed by atoms with E-state index in [9.17, 15) is 4.79 Å². The van der Waals surface area contributed by atoms with Gasteiger partial charge in [-0.25, -0.2) is 0 Å². The summed E-state index contributed by atoms with van der Waals surface area (Å²) in [6.07, 6.45) is 3.47. The highest BCUT2D eigenvalue weighted by Gasteiger charge is 2.29. The zero-order valence-corrected chi connectivity index (χ0v) is 13.1. The van der Waals surface area contributed by atoms with Crippen LogP contribution in [0.25, 0.3) is 0 Å². The Bertz CT molecular complexity index is 489. The van der Waals surface area contributed by atoms with Gasteiger partial charge in [0.15, 0.2) is 0 Å². The molecule has 0 saturated heterocycles. The third-order valence-electron chi connectivity index (χ3n) is 4.87. The Morgan fingerprint density at radius 3 is 2.57 bits per heavy atom. The van der Waals surface area contributed by atoms with Crippen molar-refractivity contribution in [1.82, 2.24) is 4.90 Å². The lowest BCUT2D eigenvalue weighted by atomic mass is 9.78. The van der Waals surface area contributed by atoms with Crippen molar-refractivity contribution in [3.63, 3.8) is 0 Å². The molecule has 0 aromatic heterocycles. The SMILES string of the molecule is CC1CCC(N(CC(N)=O)Cc2ccccc2N)CC1C.